The molecule has 6 rings (SSSR count). The molecule has 3 aromatic rings. The van der Waals surface area contributed by atoms with Crippen LogP contribution < -0.4 is 10.3 Å². The highest BCUT2D eigenvalue weighted by Gasteiger charge is 2.45. The fraction of sp³-hybridized carbons (Fsp3) is 0.348. The second kappa shape index (κ2) is 6.31. The first-order chi connectivity index (χ1) is 15.0. The molecule has 0 saturated carbocycles. The lowest BCUT2D eigenvalue weighted by Gasteiger charge is -2.31. The Morgan fingerprint density at radius 3 is 2.84 bits per heavy atom. The topological polar surface area (TPSA) is 90.7 Å². The number of carbonyl (C=O) groups excluding carboxylic acids is 1. The third-order valence-electron chi connectivity index (χ3n) is 6.75. The predicted molar refractivity (Wildman–Crippen MR) is 113 cm³/mol. The maximum atomic E-state index is 13.3. The van der Waals surface area contributed by atoms with Gasteiger partial charge >= 0.3 is 5.97 Å². The average molecular weight is 439 g/mol. The van der Waals surface area contributed by atoms with Crippen molar-refractivity contribution in [3.63, 3.8) is 0 Å². The molecule has 3 aliphatic heterocycles. The molecule has 1 N–H and O–H groups in total. The van der Waals surface area contributed by atoms with Crippen LogP contribution in [0.2, 0.25) is 0 Å². The van der Waals surface area contributed by atoms with Gasteiger partial charge in [-0.1, -0.05) is 6.92 Å². The zero-order valence-corrected chi connectivity index (χ0v) is 17.6. The Balaban J connectivity index is 1.65. The van der Waals surface area contributed by atoms with E-state index in [1.165, 1.54) is 0 Å². The molecule has 1 aromatic carbocycles. The van der Waals surface area contributed by atoms with Crippen molar-refractivity contribution < 1.29 is 19.4 Å². The second-order valence-electron chi connectivity index (χ2n) is 8.23. The van der Waals surface area contributed by atoms with E-state index >= 15 is 0 Å². The van der Waals surface area contributed by atoms with E-state index in [1.807, 2.05) is 6.07 Å². The molecule has 0 bridgehead atoms. The van der Waals surface area contributed by atoms with Crippen molar-refractivity contribution >= 4 is 28.5 Å². The molecule has 8 heteroatoms. The molecule has 158 valence electrons. The number of aliphatic hydroxyl groups is 1. The largest absolute Gasteiger partial charge is 0.493 e. The molecule has 0 aliphatic carbocycles. The average Bonchev–Trinajstić information content (AvgIpc) is 3.38. The molecule has 0 saturated heterocycles. The van der Waals surface area contributed by atoms with Crippen LogP contribution >= 0.6 is 11.6 Å². The molecular formula is C23H19ClN2O5. The molecule has 2 aromatic heterocycles. The van der Waals surface area contributed by atoms with E-state index in [-0.39, 0.29) is 24.5 Å². The summed E-state index contributed by atoms with van der Waals surface area (Å²) in [6.07, 6.45) is 0.955. The predicted octanol–water partition coefficient (Wildman–Crippen LogP) is 2.75. The Morgan fingerprint density at radius 1 is 1.23 bits per heavy atom. The molecule has 0 spiro atoms. The van der Waals surface area contributed by atoms with Crippen LogP contribution in [-0.4, -0.2) is 27.2 Å². The first-order valence-corrected chi connectivity index (χ1v) is 10.8. The van der Waals surface area contributed by atoms with Gasteiger partial charge in [0.2, 0.25) is 0 Å². The molecule has 7 nitrogen and oxygen atoms in total. The Hall–Kier alpha value is -2.90. The van der Waals surface area contributed by atoms with Gasteiger partial charge in [0.1, 0.15) is 12.4 Å². The summed E-state index contributed by atoms with van der Waals surface area (Å²) in [5.74, 6) is 0.374. The molecular weight excluding hydrogens is 420 g/mol. The summed E-state index contributed by atoms with van der Waals surface area (Å²) in [6.45, 7) is 2.53. The van der Waals surface area contributed by atoms with Crippen LogP contribution in [0.1, 0.15) is 41.2 Å². The number of hydrogen-bond donors (Lipinski definition) is 1. The minimum Gasteiger partial charge on any atom is -0.493 e. The number of nitrogens with zero attached hydrogens (tertiary/aromatic N) is 2. The van der Waals surface area contributed by atoms with Gasteiger partial charge in [0, 0.05) is 34.9 Å². The van der Waals surface area contributed by atoms with Gasteiger partial charge in [0.15, 0.2) is 5.60 Å². The van der Waals surface area contributed by atoms with E-state index in [4.69, 9.17) is 26.1 Å². The van der Waals surface area contributed by atoms with Crippen LogP contribution in [0.4, 0.5) is 0 Å². The molecule has 31 heavy (non-hydrogen) atoms. The Labute approximate surface area is 182 Å². The summed E-state index contributed by atoms with van der Waals surface area (Å²) in [5.41, 5.74) is 3.45. The lowest BCUT2D eigenvalue weighted by molar-refractivity contribution is -0.172. The normalized spacial score (nSPS) is 20.7. The van der Waals surface area contributed by atoms with E-state index in [2.05, 4.69) is 6.07 Å². The van der Waals surface area contributed by atoms with Crippen molar-refractivity contribution in [3.05, 3.63) is 56.4 Å². The number of halogens is 1. The van der Waals surface area contributed by atoms with E-state index in [1.54, 1.807) is 17.6 Å². The van der Waals surface area contributed by atoms with E-state index in [0.29, 0.717) is 35.7 Å². The van der Waals surface area contributed by atoms with Crippen LogP contribution in [0.3, 0.4) is 0 Å². The molecule has 0 radical (unpaired) electrons. The van der Waals surface area contributed by atoms with E-state index < -0.39 is 11.6 Å². The SMILES string of the molecule is CC[C@@]1(O)C(=O)OCc2c1cc1n(c2=O)Cc2c-1nc1cc3c(cc1c2CCl)CCO3. The van der Waals surface area contributed by atoms with Gasteiger partial charge < -0.3 is 19.1 Å². The highest BCUT2D eigenvalue weighted by molar-refractivity contribution is 6.18. The first-order valence-electron chi connectivity index (χ1n) is 10.3. The van der Waals surface area contributed by atoms with Crippen LogP contribution in [-0.2, 0) is 40.6 Å². The van der Waals surface area contributed by atoms with Gasteiger partial charge in [-0.15, -0.1) is 11.6 Å². The van der Waals surface area contributed by atoms with Crippen molar-refractivity contribution in [3.8, 4) is 17.1 Å². The van der Waals surface area contributed by atoms with Gasteiger partial charge in [-0.25, -0.2) is 9.78 Å². The highest BCUT2D eigenvalue weighted by atomic mass is 35.5. The van der Waals surface area contributed by atoms with Crippen molar-refractivity contribution in [2.45, 2.75) is 44.4 Å². The van der Waals surface area contributed by atoms with Crippen molar-refractivity contribution in [2.24, 2.45) is 0 Å². The molecule has 5 heterocycles. The Morgan fingerprint density at radius 2 is 2.06 bits per heavy atom. The van der Waals surface area contributed by atoms with Crippen LogP contribution in [0.25, 0.3) is 22.3 Å². The smallest absolute Gasteiger partial charge is 0.343 e. The Kier molecular flexibility index (Phi) is 3.83. The van der Waals surface area contributed by atoms with Gasteiger partial charge in [-0.05, 0) is 29.7 Å². The number of pyridine rings is 2. The summed E-state index contributed by atoms with van der Waals surface area (Å²) in [4.78, 5) is 30.5. The zero-order chi connectivity index (χ0) is 21.5. The third-order valence-corrected chi connectivity index (χ3v) is 7.02. The number of ether oxygens (including phenoxy) is 2. The maximum absolute atomic E-state index is 13.3. The summed E-state index contributed by atoms with van der Waals surface area (Å²) in [5, 5.41) is 12.0. The zero-order valence-electron chi connectivity index (χ0n) is 16.8. The number of benzene rings is 1. The van der Waals surface area contributed by atoms with Crippen LogP contribution in [0, 0.1) is 0 Å². The number of rotatable bonds is 2. The standard InChI is InChI=1S/C23H19ClN2O5/c1-2-23(29)16-6-18-20-14(9-26(18)21(27)15(16)10-31-22(23)28)13(8-24)12-5-11-3-4-30-19(11)7-17(12)25-20/h5-7,29H,2-4,8-10H2,1H3/t23-/m0/s1. The lowest BCUT2D eigenvalue weighted by atomic mass is 9.86. The summed E-state index contributed by atoms with van der Waals surface area (Å²) < 4.78 is 12.5. The summed E-state index contributed by atoms with van der Waals surface area (Å²) in [6, 6.07) is 5.72. The monoisotopic (exact) mass is 438 g/mol. The molecule has 3 aliphatic rings. The third kappa shape index (κ3) is 2.36. The lowest BCUT2D eigenvalue weighted by Crippen LogP contribution is -2.44. The molecule has 1 atom stereocenters. The highest BCUT2D eigenvalue weighted by Crippen LogP contribution is 2.41. The number of carbonyl (C=O) groups is 1. The minimum absolute atomic E-state index is 0.107. The summed E-state index contributed by atoms with van der Waals surface area (Å²) in [7, 11) is 0. The van der Waals surface area contributed by atoms with Gasteiger partial charge in [0.25, 0.3) is 5.56 Å². The Bertz CT molecular complexity index is 1380. The fourth-order valence-electron chi connectivity index (χ4n) is 4.99. The summed E-state index contributed by atoms with van der Waals surface area (Å²) >= 11 is 6.39. The maximum Gasteiger partial charge on any atom is 0.343 e. The van der Waals surface area contributed by atoms with E-state index in [0.717, 1.165) is 39.8 Å². The van der Waals surface area contributed by atoms with Gasteiger partial charge in [0.05, 0.1) is 35.6 Å². The number of fused-ring (bicyclic) bond motifs is 6. The van der Waals surface area contributed by atoms with Crippen LogP contribution in [0.5, 0.6) is 5.75 Å². The van der Waals surface area contributed by atoms with Crippen molar-refractivity contribution in [1.29, 1.82) is 0 Å². The second-order valence-corrected chi connectivity index (χ2v) is 8.50. The van der Waals surface area contributed by atoms with E-state index in [9.17, 15) is 14.7 Å². The van der Waals surface area contributed by atoms with Gasteiger partial charge in [-0.3, -0.25) is 4.79 Å². The minimum atomic E-state index is -1.84. The number of hydrogen-bond acceptors (Lipinski definition) is 6. The number of esters is 1. The first kappa shape index (κ1) is 18.8. The number of aromatic nitrogens is 2. The van der Waals surface area contributed by atoms with Crippen molar-refractivity contribution in [1.82, 2.24) is 9.55 Å². The molecule has 0 amide bonds. The quantitative estimate of drug-likeness (QED) is 0.382. The van der Waals surface area contributed by atoms with Crippen molar-refractivity contribution in [2.75, 3.05) is 6.61 Å². The van der Waals surface area contributed by atoms with Gasteiger partial charge in [-0.2, -0.15) is 0 Å². The van der Waals surface area contributed by atoms with Crippen LogP contribution in [0.15, 0.2) is 23.0 Å². The number of alkyl halides is 1. The number of cyclic esters (lactones) is 1. The fourth-order valence-corrected chi connectivity index (χ4v) is 5.29. The molecule has 0 fully saturated rings. The molecule has 0 unspecified atom stereocenters.